The van der Waals surface area contributed by atoms with Gasteiger partial charge in [-0.2, -0.15) is 0 Å². The Morgan fingerprint density at radius 1 is 1.20 bits per heavy atom. The van der Waals surface area contributed by atoms with Crippen molar-refractivity contribution in [1.29, 1.82) is 0 Å². The normalized spacial score (nSPS) is 19.7. The topological polar surface area (TPSA) is 41.6 Å². The smallest absolute Gasteiger partial charge is 0.224 e. The monoisotopic (exact) mass is 340 g/mol. The van der Waals surface area contributed by atoms with E-state index in [-0.39, 0.29) is 17.8 Å². The molecule has 0 spiro atoms. The number of aryl methyl sites for hydroxylation is 1. The first-order valence-corrected chi connectivity index (χ1v) is 8.74. The number of likely N-dealkylation sites (tertiary alicyclic amines) is 1. The SMILES string of the molecule is O=C1CCc2cc(OCCN3CCC3c3cccc(F)c3)ccc2N1. The molecule has 4 nitrogen and oxygen atoms in total. The number of nitrogens with zero attached hydrogens (tertiary/aromatic N) is 1. The minimum atomic E-state index is -0.179. The molecule has 0 radical (unpaired) electrons. The first kappa shape index (κ1) is 16.1. The van der Waals surface area contributed by atoms with E-state index in [0.29, 0.717) is 13.0 Å². The van der Waals surface area contributed by atoms with E-state index in [9.17, 15) is 9.18 Å². The summed E-state index contributed by atoms with van der Waals surface area (Å²) in [7, 11) is 0. The van der Waals surface area contributed by atoms with Crippen LogP contribution < -0.4 is 10.1 Å². The molecule has 2 aliphatic rings. The van der Waals surface area contributed by atoms with Gasteiger partial charge in [0.15, 0.2) is 0 Å². The fourth-order valence-electron chi connectivity index (χ4n) is 3.53. The second-order valence-corrected chi connectivity index (χ2v) is 6.61. The summed E-state index contributed by atoms with van der Waals surface area (Å²) in [5, 5.41) is 2.87. The van der Waals surface area contributed by atoms with Crippen LogP contribution in [0.3, 0.4) is 0 Å². The first-order valence-electron chi connectivity index (χ1n) is 8.74. The van der Waals surface area contributed by atoms with Crippen LogP contribution in [0.5, 0.6) is 5.75 Å². The lowest BCUT2D eigenvalue weighted by Gasteiger charge is -2.41. The lowest BCUT2D eigenvalue weighted by Crippen LogP contribution is -2.43. The number of ether oxygens (including phenoxy) is 1. The molecule has 1 N–H and O–H groups in total. The summed E-state index contributed by atoms with van der Waals surface area (Å²) < 4.78 is 19.3. The molecule has 1 unspecified atom stereocenters. The predicted molar refractivity (Wildman–Crippen MR) is 94.2 cm³/mol. The van der Waals surface area contributed by atoms with Crippen molar-refractivity contribution in [3.05, 3.63) is 59.4 Å². The molecule has 4 rings (SSSR count). The number of carbonyl (C=O) groups is 1. The molecule has 1 fully saturated rings. The van der Waals surface area contributed by atoms with E-state index in [1.165, 1.54) is 6.07 Å². The number of rotatable bonds is 5. The van der Waals surface area contributed by atoms with Gasteiger partial charge in [0, 0.05) is 31.2 Å². The highest BCUT2D eigenvalue weighted by molar-refractivity contribution is 5.93. The van der Waals surface area contributed by atoms with Gasteiger partial charge in [0.05, 0.1) is 0 Å². The van der Waals surface area contributed by atoms with Crippen LogP contribution in [0, 0.1) is 5.82 Å². The molecule has 2 aromatic rings. The fourth-order valence-corrected chi connectivity index (χ4v) is 3.53. The summed E-state index contributed by atoms with van der Waals surface area (Å²) in [4.78, 5) is 13.7. The lowest BCUT2D eigenvalue weighted by atomic mass is 9.95. The zero-order chi connectivity index (χ0) is 17.2. The third kappa shape index (κ3) is 3.51. The Morgan fingerprint density at radius 2 is 2.12 bits per heavy atom. The Labute approximate surface area is 146 Å². The quantitative estimate of drug-likeness (QED) is 0.905. The second-order valence-electron chi connectivity index (χ2n) is 6.61. The van der Waals surface area contributed by atoms with E-state index in [4.69, 9.17) is 4.74 Å². The molecule has 130 valence electrons. The molecule has 2 aliphatic heterocycles. The van der Waals surface area contributed by atoms with Gasteiger partial charge < -0.3 is 10.1 Å². The van der Waals surface area contributed by atoms with Crippen LogP contribution in [0.25, 0.3) is 0 Å². The maximum absolute atomic E-state index is 13.4. The maximum Gasteiger partial charge on any atom is 0.224 e. The molecule has 1 amide bonds. The molecular formula is C20H21FN2O2. The molecule has 2 heterocycles. The van der Waals surface area contributed by atoms with E-state index >= 15 is 0 Å². The molecule has 2 aromatic carbocycles. The summed E-state index contributed by atoms with van der Waals surface area (Å²) in [6, 6.07) is 12.9. The molecule has 0 aliphatic carbocycles. The number of nitrogens with one attached hydrogen (secondary N) is 1. The van der Waals surface area contributed by atoms with E-state index in [1.54, 1.807) is 12.1 Å². The highest BCUT2D eigenvalue weighted by Crippen LogP contribution is 2.33. The van der Waals surface area contributed by atoms with E-state index in [0.717, 1.165) is 48.5 Å². The number of fused-ring (bicyclic) bond motifs is 1. The van der Waals surface area contributed by atoms with E-state index in [2.05, 4.69) is 10.2 Å². The van der Waals surface area contributed by atoms with Gasteiger partial charge >= 0.3 is 0 Å². The zero-order valence-corrected chi connectivity index (χ0v) is 14.0. The van der Waals surface area contributed by atoms with Crippen LogP contribution in [-0.2, 0) is 11.2 Å². The molecule has 0 saturated carbocycles. The number of halogens is 1. The summed E-state index contributed by atoms with van der Waals surface area (Å²) in [6.45, 7) is 2.42. The summed E-state index contributed by atoms with van der Waals surface area (Å²) >= 11 is 0. The Bertz CT molecular complexity index is 793. The van der Waals surface area contributed by atoms with Crippen molar-refractivity contribution in [2.45, 2.75) is 25.3 Å². The van der Waals surface area contributed by atoms with Gasteiger partial charge in [-0.3, -0.25) is 9.69 Å². The molecule has 25 heavy (non-hydrogen) atoms. The van der Waals surface area contributed by atoms with Gasteiger partial charge in [0.2, 0.25) is 5.91 Å². The van der Waals surface area contributed by atoms with Crippen molar-refractivity contribution in [1.82, 2.24) is 4.90 Å². The maximum atomic E-state index is 13.4. The van der Waals surface area contributed by atoms with Crippen LogP contribution in [-0.4, -0.2) is 30.5 Å². The molecule has 0 bridgehead atoms. The number of benzene rings is 2. The number of hydrogen-bond donors (Lipinski definition) is 1. The molecule has 1 atom stereocenters. The minimum absolute atomic E-state index is 0.0716. The summed E-state index contributed by atoms with van der Waals surface area (Å²) in [5.41, 5.74) is 3.05. The van der Waals surface area contributed by atoms with Crippen LogP contribution in [0.15, 0.2) is 42.5 Å². The van der Waals surface area contributed by atoms with Gasteiger partial charge in [-0.25, -0.2) is 4.39 Å². The van der Waals surface area contributed by atoms with Gasteiger partial charge in [-0.1, -0.05) is 12.1 Å². The standard InChI is InChI=1S/C20H21FN2O2/c21-16-3-1-2-15(12-16)19-8-9-23(19)10-11-25-17-5-6-18-14(13-17)4-7-20(24)22-18/h1-3,5-6,12-13,19H,4,7-11H2,(H,22,24). The number of anilines is 1. The number of hydrogen-bond acceptors (Lipinski definition) is 3. The molecule has 5 heteroatoms. The molecule has 1 saturated heterocycles. The van der Waals surface area contributed by atoms with Crippen molar-refractivity contribution < 1.29 is 13.9 Å². The largest absolute Gasteiger partial charge is 0.492 e. The first-order chi connectivity index (χ1) is 12.2. The Balaban J connectivity index is 1.32. The van der Waals surface area contributed by atoms with Crippen LogP contribution in [0.1, 0.15) is 30.0 Å². The number of amides is 1. The van der Waals surface area contributed by atoms with Crippen LogP contribution in [0.4, 0.5) is 10.1 Å². The highest BCUT2D eigenvalue weighted by Gasteiger charge is 2.29. The zero-order valence-electron chi connectivity index (χ0n) is 14.0. The Kier molecular flexibility index (Phi) is 4.40. The third-order valence-corrected chi connectivity index (χ3v) is 4.98. The second kappa shape index (κ2) is 6.84. The highest BCUT2D eigenvalue weighted by atomic mass is 19.1. The Hall–Kier alpha value is -2.40. The Morgan fingerprint density at radius 3 is 2.92 bits per heavy atom. The van der Waals surface area contributed by atoms with Gasteiger partial charge in [-0.15, -0.1) is 0 Å². The minimum Gasteiger partial charge on any atom is -0.492 e. The summed E-state index contributed by atoms with van der Waals surface area (Å²) in [6.07, 6.45) is 2.34. The van der Waals surface area contributed by atoms with Crippen molar-refractivity contribution >= 4 is 11.6 Å². The fraction of sp³-hybridized carbons (Fsp3) is 0.350. The lowest BCUT2D eigenvalue weighted by molar-refractivity contribution is -0.116. The molecule has 0 aromatic heterocycles. The van der Waals surface area contributed by atoms with Crippen molar-refractivity contribution in [2.75, 3.05) is 25.0 Å². The third-order valence-electron chi connectivity index (χ3n) is 4.98. The average Bonchev–Trinajstić information content (AvgIpc) is 2.58. The number of carbonyl (C=O) groups excluding carboxylic acids is 1. The van der Waals surface area contributed by atoms with Crippen LogP contribution >= 0.6 is 0 Å². The van der Waals surface area contributed by atoms with E-state index < -0.39 is 0 Å². The average molecular weight is 340 g/mol. The van der Waals surface area contributed by atoms with Gasteiger partial charge in [0.1, 0.15) is 18.2 Å². The summed E-state index contributed by atoms with van der Waals surface area (Å²) in [5.74, 6) is 0.724. The van der Waals surface area contributed by atoms with Crippen molar-refractivity contribution in [3.8, 4) is 5.75 Å². The molecular weight excluding hydrogens is 319 g/mol. The van der Waals surface area contributed by atoms with Gasteiger partial charge in [0.25, 0.3) is 0 Å². The predicted octanol–water partition coefficient (Wildman–Crippen LogP) is 3.54. The van der Waals surface area contributed by atoms with E-state index in [1.807, 2.05) is 24.3 Å². The van der Waals surface area contributed by atoms with Crippen molar-refractivity contribution in [3.63, 3.8) is 0 Å². The van der Waals surface area contributed by atoms with Crippen molar-refractivity contribution in [2.24, 2.45) is 0 Å². The van der Waals surface area contributed by atoms with Gasteiger partial charge in [-0.05, 0) is 54.3 Å². The van der Waals surface area contributed by atoms with Crippen LogP contribution in [0.2, 0.25) is 0 Å².